The highest BCUT2D eigenvalue weighted by molar-refractivity contribution is 5.77. The number of furan rings is 1. The third-order valence-electron chi connectivity index (χ3n) is 2.99. The van der Waals surface area contributed by atoms with Gasteiger partial charge in [-0.25, -0.2) is 4.39 Å². The van der Waals surface area contributed by atoms with Gasteiger partial charge in [0.1, 0.15) is 29.5 Å². The lowest BCUT2D eigenvalue weighted by atomic mass is 10.2. The molecule has 1 heterocycles. The molecule has 0 aliphatic carbocycles. The number of ether oxygens (including phenoxy) is 1. The zero-order valence-corrected chi connectivity index (χ0v) is 10.5. The summed E-state index contributed by atoms with van der Waals surface area (Å²) in [5.74, 6) is 1.25. The maximum atomic E-state index is 13.1. The Balaban J connectivity index is 1.80. The SMILES string of the molecule is Cc1ccccc1OCc1cc2cc(F)ccc2o1. The normalized spacial score (nSPS) is 10.8. The summed E-state index contributed by atoms with van der Waals surface area (Å²) in [5.41, 5.74) is 1.74. The highest BCUT2D eigenvalue weighted by Crippen LogP contribution is 2.23. The third-order valence-corrected chi connectivity index (χ3v) is 2.99. The Bertz CT molecular complexity index is 716. The molecule has 0 bridgehead atoms. The summed E-state index contributed by atoms with van der Waals surface area (Å²) in [6.07, 6.45) is 0. The molecule has 0 aliphatic rings. The molecule has 0 radical (unpaired) electrons. The van der Waals surface area contributed by atoms with Gasteiger partial charge in [-0.1, -0.05) is 18.2 Å². The van der Waals surface area contributed by atoms with E-state index in [1.54, 1.807) is 12.1 Å². The molecular weight excluding hydrogens is 243 g/mol. The first-order valence-electron chi connectivity index (χ1n) is 6.09. The average molecular weight is 256 g/mol. The summed E-state index contributed by atoms with van der Waals surface area (Å²) in [4.78, 5) is 0. The third kappa shape index (κ3) is 2.45. The lowest BCUT2D eigenvalue weighted by molar-refractivity contribution is 0.273. The quantitative estimate of drug-likeness (QED) is 0.690. The highest BCUT2D eigenvalue weighted by atomic mass is 19.1. The lowest BCUT2D eigenvalue weighted by Crippen LogP contribution is -1.95. The molecule has 0 unspecified atom stereocenters. The average Bonchev–Trinajstić information content (AvgIpc) is 2.79. The summed E-state index contributed by atoms with van der Waals surface area (Å²) < 4.78 is 24.4. The molecule has 0 amide bonds. The fourth-order valence-electron chi connectivity index (χ4n) is 2.01. The van der Waals surface area contributed by atoms with Crippen LogP contribution in [0, 0.1) is 12.7 Å². The van der Waals surface area contributed by atoms with Gasteiger partial charge in [0.15, 0.2) is 0 Å². The van der Waals surface area contributed by atoms with Gasteiger partial charge in [0, 0.05) is 5.39 Å². The second-order valence-electron chi connectivity index (χ2n) is 4.45. The van der Waals surface area contributed by atoms with Crippen molar-refractivity contribution in [3.05, 3.63) is 65.7 Å². The minimum absolute atomic E-state index is 0.264. The number of hydrogen-bond donors (Lipinski definition) is 0. The summed E-state index contributed by atoms with van der Waals surface area (Å²) >= 11 is 0. The number of rotatable bonds is 3. The summed E-state index contributed by atoms with van der Waals surface area (Å²) in [6, 6.07) is 14.1. The zero-order valence-electron chi connectivity index (χ0n) is 10.5. The van der Waals surface area contributed by atoms with Crippen molar-refractivity contribution >= 4 is 11.0 Å². The molecule has 96 valence electrons. The van der Waals surface area contributed by atoms with E-state index >= 15 is 0 Å². The Morgan fingerprint density at radius 2 is 1.95 bits per heavy atom. The van der Waals surface area contributed by atoms with Crippen LogP contribution in [0.4, 0.5) is 4.39 Å². The molecule has 0 fully saturated rings. The van der Waals surface area contributed by atoms with Crippen LogP contribution < -0.4 is 4.74 Å². The maximum Gasteiger partial charge on any atom is 0.146 e. The summed E-state index contributed by atoms with van der Waals surface area (Å²) in [5, 5.41) is 0.753. The minimum Gasteiger partial charge on any atom is -0.485 e. The molecule has 3 aromatic rings. The van der Waals surface area contributed by atoms with Crippen LogP contribution >= 0.6 is 0 Å². The fraction of sp³-hybridized carbons (Fsp3) is 0.125. The monoisotopic (exact) mass is 256 g/mol. The van der Waals surface area contributed by atoms with Crippen LogP contribution in [0.5, 0.6) is 5.75 Å². The minimum atomic E-state index is -0.264. The van der Waals surface area contributed by atoms with E-state index in [1.165, 1.54) is 12.1 Å². The predicted molar refractivity (Wildman–Crippen MR) is 71.7 cm³/mol. The van der Waals surface area contributed by atoms with Gasteiger partial charge in [-0.15, -0.1) is 0 Å². The van der Waals surface area contributed by atoms with E-state index in [2.05, 4.69) is 0 Å². The largest absolute Gasteiger partial charge is 0.485 e. The van der Waals surface area contributed by atoms with Gasteiger partial charge < -0.3 is 9.15 Å². The number of para-hydroxylation sites is 1. The van der Waals surface area contributed by atoms with Crippen molar-refractivity contribution in [2.24, 2.45) is 0 Å². The van der Waals surface area contributed by atoms with E-state index < -0.39 is 0 Å². The molecule has 0 saturated heterocycles. The van der Waals surface area contributed by atoms with Crippen LogP contribution in [0.25, 0.3) is 11.0 Å². The molecule has 3 rings (SSSR count). The van der Waals surface area contributed by atoms with Crippen molar-refractivity contribution in [2.75, 3.05) is 0 Å². The van der Waals surface area contributed by atoms with Crippen molar-refractivity contribution in [1.82, 2.24) is 0 Å². The molecule has 0 saturated carbocycles. The van der Waals surface area contributed by atoms with E-state index in [0.717, 1.165) is 16.7 Å². The highest BCUT2D eigenvalue weighted by Gasteiger charge is 2.06. The van der Waals surface area contributed by atoms with Gasteiger partial charge in [0.05, 0.1) is 0 Å². The van der Waals surface area contributed by atoms with E-state index in [9.17, 15) is 4.39 Å². The molecule has 0 atom stereocenters. The Labute approximate surface area is 110 Å². The van der Waals surface area contributed by atoms with Crippen LogP contribution in [-0.4, -0.2) is 0 Å². The number of aryl methyl sites for hydroxylation is 1. The van der Waals surface area contributed by atoms with Crippen LogP contribution in [0.1, 0.15) is 11.3 Å². The van der Waals surface area contributed by atoms with Crippen LogP contribution in [-0.2, 0) is 6.61 Å². The molecule has 0 spiro atoms. The number of halogens is 1. The second kappa shape index (κ2) is 4.76. The molecule has 2 aromatic carbocycles. The molecular formula is C16H13FO2. The van der Waals surface area contributed by atoms with Gasteiger partial charge in [-0.05, 0) is 42.8 Å². The van der Waals surface area contributed by atoms with E-state index in [-0.39, 0.29) is 5.82 Å². The Kier molecular flexibility index (Phi) is 2.95. The molecule has 0 aliphatic heterocycles. The van der Waals surface area contributed by atoms with Gasteiger partial charge in [-0.3, -0.25) is 0 Å². The van der Waals surface area contributed by atoms with Gasteiger partial charge in [0.25, 0.3) is 0 Å². The molecule has 3 heteroatoms. The Morgan fingerprint density at radius 3 is 2.79 bits per heavy atom. The van der Waals surface area contributed by atoms with Crippen molar-refractivity contribution in [2.45, 2.75) is 13.5 Å². The van der Waals surface area contributed by atoms with Crippen molar-refractivity contribution < 1.29 is 13.5 Å². The smallest absolute Gasteiger partial charge is 0.146 e. The zero-order chi connectivity index (χ0) is 13.2. The first kappa shape index (κ1) is 11.8. The molecule has 1 aromatic heterocycles. The first-order valence-corrected chi connectivity index (χ1v) is 6.09. The van der Waals surface area contributed by atoms with Gasteiger partial charge in [0.2, 0.25) is 0 Å². The van der Waals surface area contributed by atoms with Crippen LogP contribution in [0.15, 0.2) is 52.9 Å². The summed E-state index contributed by atoms with van der Waals surface area (Å²) in [7, 11) is 0. The van der Waals surface area contributed by atoms with E-state index in [1.807, 2.05) is 31.2 Å². The van der Waals surface area contributed by atoms with E-state index in [0.29, 0.717) is 18.0 Å². The van der Waals surface area contributed by atoms with Crippen molar-refractivity contribution in [3.8, 4) is 5.75 Å². The van der Waals surface area contributed by atoms with E-state index in [4.69, 9.17) is 9.15 Å². The van der Waals surface area contributed by atoms with Crippen LogP contribution in [0.2, 0.25) is 0 Å². The second-order valence-corrected chi connectivity index (χ2v) is 4.45. The lowest BCUT2D eigenvalue weighted by Gasteiger charge is -2.06. The first-order chi connectivity index (χ1) is 9.22. The molecule has 19 heavy (non-hydrogen) atoms. The van der Waals surface area contributed by atoms with Gasteiger partial charge >= 0.3 is 0 Å². The Hall–Kier alpha value is -2.29. The standard InChI is InChI=1S/C16H13FO2/c1-11-4-2-3-5-15(11)18-10-14-9-12-8-13(17)6-7-16(12)19-14/h2-9H,10H2,1H3. The molecule has 2 nitrogen and oxygen atoms in total. The fourth-order valence-corrected chi connectivity index (χ4v) is 2.01. The number of benzene rings is 2. The van der Waals surface area contributed by atoms with Crippen molar-refractivity contribution in [3.63, 3.8) is 0 Å². The number of fused-ring (bicyclic) bond motifs is 1. The topological polar surface area (TPSA) is 22.4 Å². The Morgan fingerprint density at radius 1 is 1.11 bits per heavy atom. The predicted octanol–water partition coefficient (Wildman–Crippen LogP) is 4.46. The maximum absolute atomic E-state index is 13.1. The van der Waals surface area contributed by atoms with Gasteiger partial charge in [-0.2, -0.15) is 0 Å². The number of hydrogen-bond acceptors (Lipinski definition) is 2. The van der Waals surface area contributed by atoms with Crippen LogP contribution in [0.3, 0.4) is 0 Å². The molecule has 0 N–H and O–H groups in total. The summed E-state index contributed by atoms with van der Waals surface area (Å²) in [6.45, 7) is 2.32. The van der Waals surface area contributed by atoms with Crippen molar-refractivity contribution in [1.29, 1.82) is 0 Å².